The molecule has 2 aromatic heterocycles. The predicted octanol–water partition coefficient (Wildman–Crippen LogP) is 2.51. The van der Waals surface area contributed by atoms with Gasteiger partial charge in [-0.15, -0.1) is 11.3 Å². The summed E-state index contributed by atoms with van der Waals surface area (Å²) in [5.41, 5.74) is 3.52. The Morgan fingerprint density at radius 1 is 1.36 bits per heavy atom. The number of anilines is 1. The van der Waals surface area contributed by atoms with Crippen LogP contribution in [0.2, 0.25) is 0 Å². The molecule has 1 aromatic carbocycles. The van der Waals surface area contributed by atoms with Crippen molar-refractivity contribution in [1.29, 1.82) is 0 Å². The van der Waals surface area contributed by atoms with Crippen molar-refractivity contribution in [2.24, 2.45) is 0 Å². The molecule has 0 aliphatic carbocycles. The Morgan fingerprint density at radius 2 is 2.20 bits per heavy atom. The Hall–Kier alpha value is -3.20. The smallest absolute Gasteiger partial charge is 0.405 e. The summed E-state index contributed by atoms with van der Waals surface area (Å²) in [6.45, 7) is 1.61. The van der Waals surface area contributed by atoms with E-state index in [9.17, 15) is 9.59 Å². The number of hydrogen-bond donors (Lipinski definition) is 3. The van der Waals surface area contributed by atoms with Crippen LogP contribution in [0.3, 0.4) is 0 Å². The molecular formula is C16H15N5O3S. The SMILES string of the molecule is Cc1cn(-c2cccc(-c3csc(NC(=O)CNC(=O)O)n3)c2)cn1. The lowest BCUT2D eigenvalue weighted by atomic mass is 10.1. The maximum atomic E-state index is 11.6. The number of rotatable bonds is 5. The summed E-state index contributed by atoms with van der Waals surface area (Å²) in [5, 5.41) is 15.3. The first-order valence-electron chi connectivity index (χ1n) is 7.35. The molecule has 3 N–H and O–H groups in total. The molecule has 0 atom stereocenters. The highest BCUT2D eigenvalue weighted by Crippen LogP contribution is 2.26. The summed E-state index contributed by atoms with van der Waals surface area (Å²) >= 11 is 1.28. The number of thiazole rings is 1. The minimum atomic E-state index is -1.25. The molecule has 3 aromatic rings. The van der Waals surface area contributed by atoms with Crippen molar-refractivity contribution < 1.29 is 14.7 Å². The summed E-state index contributed by atoms with van der Waals surface area (Å²) in [6, 6.07) is 7.80. The van der Waals surface area contributed by atoms with Crippen molar-refractivity contribution in [3.63, 3.8) is 0 Å². The van der Waals surface area contributed by atoms with Crippen molar-refractivity contribution in [3.05, 3.63) is 47.9 Å². The number of aromatic nitrogens is 3. The van der Waals surface area contributed by atoms with E-state index in [1.165, 1.54) is 11.3 Å². The lowest BCUT2D eigenvalue weighted by Crippen LogP contribution is -2.31. The molecule has 3 rings (SSSR count). The minimum Gasteiger partial charge on any atom is -0.465 e. The fraction of sp³-hybridized carbons (Fsp3) is 0.125. The molecular weight excluding hydrogens is 342 g/mol. The Bertz CT molecular complexity index is 918. The number of carbonyl (C=O) groups is 2. The fourth-order valence-electron chi connectivity index (χ4n) is 2.17. The van der Waals surface area contributed by atoms with Crippen LogP contribution in [0, 0.1) is 6.92 Å². The quantitative estimate of drug-likeness (QED) is 0.650. The van der Waals surface area contributed by atoms with E-state index in [1.54, 1.807) is 6.33 Å². The first kappa shape index (κ1) is 16.7. The first-order chi connectivity index (χ1) is 12.0. The Balaban J connectivity index is 1.74. The molecule has 0 aliphatic heterocycles. The molecule has 0 unspecified atom stereocenters. The second kappa shape index (κ2) is 7.14. The van der Waals surface area contributed by atoms with Crippen molar-refractivity contribution >= 4 is 28.5 Å². The van der Waals surface area contributed by atoms with Gasteiger partial charge in [-0.25, -0.2) is 14.8 Å². The lowest BCUT2D eigenvalue weighted by Gasteiger charge is -2.04. The third-order valence-electron chi connectivity index (χ3n) is 3.30. The number of benzene rings is 1. The van der Waals surface area contributed by atoms with E-state index in [2.05, 4.69) is 15.3 Å². The highest BCUT2D eigenvalue weighted by atomic mass is 32.1. The minimum absolute atomic E-state index is 0.320. The zero-order valence-corrected chi connectivity index (χ0v) is 14.1. The topological polar surface area (TPSA) is 109 Å². The van der Waals surface area contributed by atoms with Gasteiger partial charge in [0, 0.05) is 22.8 Å². The number of carboxylic acid groups (broad SMARTS) is 1. The third kappa shape index (κ3) is 4.21. The predicted molar refractivity (Wildman–Crippen MR) is 94.1 cm³/mol. The molecule has 128 valence electrons. The number of aryl methyl sites for hydroxylation is 1. The number of imidazole rings is 1. The summed E-state index contributed by atoms with van der Waals surface area (Å²) in [6.07, 6.45) is 2.43. The van der Waals surface area contributed by atoms with Crippen molar-refractivity contribution in [3.8, 4) is 16.9 Å². The van der Waals surface area contributed by atoms with Crippen LogP contribution in [0.5, 0.6) is 0 Å². The standard InChI is InChI=1S/C16H15N5O3S/c1-10-7-21(9-18-10)12-4-2-3-11(5-12)13-8-25-15(19-13)20-14(22)6-17-16(23)24/h2-5,7-9,17H,6H2,1H3,(H,23,24)(H,19,20,22). The van der Waals surface area contributed by atoms with Gasteiger partial charge >= 0.3 is 6.09 Å². The van der Waals surface area contributed by atoms with Crippen LogP contribution in [-0.4, -0.2) is 38.2 Å². The van der Waals surface area contributed by atoms with Crippen LogP contribution < -0.4 is 10.6 Å². The zero-order valence-electron chi connectivity index (χ0n) is 13.3. The summed E-state index contributed by atoms with van der Waals surface area (Å²) in [4.78, 5) is 30.6. The number of hydrogen-bond acceptors (Lipinski definition) is 5. The van der Waals surface area contributed by atoms with E-state index < -0.39 is 12.0 Å². The van der Waals surface area contributed by atoms with Gasteiger partial charge in [-0.2, -0.15) is 0 Å². The Kier molecular flexibility index (Phi) is 4.75. The maximum absolute atomic E-state index is 11.6. The molecule has 0 spiro atoms. The van der Waals surface area contributed by atoms with Crippen LogP contribution in [0.4, 0.5) is 9.93 Å². The van der Waals surface area contributed by atoms with Gasteiger partial charge in [0.25, 0.3) is 0 Å². The van der Waals surface area contributed by atoms with Crippen molar-refractivity contribution in [1.82, 2.24) is 19.9 Å². The molecule has 0 bridgehead atoms. The van der Waals surface area contributed by atoms with Gasteiger partial charge < -0.3 is 20.3 Å². The number of nitrogens with one attached hydrogen (secondary N) is 2. The second-order valence-corrected chi connectivity index (χ2v) is 6.08. The fourth-order valence-corrected chi connectivity index (χ4v) is 2.91. The normalized spacial score (nSPS) is 10.4. The lowest BCUT2D eigenvalue weighted by molar-refractivity contribution is -0.115. The summed E-state index contributed by atoms with van der Waals surface area (Å²) in [7, 11) is 0. The monoisotopic (exact) mass is 357 g/mol. The molecule has 25 heavy (non-hydrogen) atoms. The van der Waals surface area contributed by atoms with E-state index in [4.69, 9.17) is 5.11 Å². The molecule has 2 amide bonds. The summed E-state index contributed by atoms with van der Waals surface area (Å²) < 4.78 is 1.92. The van der Waals surface area contributed by atoms with E-state index in [0.29, 0.717) is 5.13 Å². The van der Waals surface area contributed by atoms with E-state index in [-0.39, 0.29) is 6.54 Å². The molecule has 8 nitrogen and oxygen atoms in total. The molecule has 0 fully saturated rings. The third-order valence-corrected chi connectivity index (χ3v) is 4.06. The number of carbonyl (C=O) groups excluding carboxylic acids is 1. The van der Waals surface area contributed by atoms with Gasteiger partial charge in [0.1, 0.15) is 6.54 Å². The number of amides is 2. The van der Waals surface area contributed by atoms with Gasteiger partial charge in [-0.05, 0) is 19.1 Å². The Morgan fingerprint density at radius 3 is 2.92 bits per heavy atom. The Labute approximate surface area is 147 Å². The van der Waals surface area contributed by atoms with E-state index >= 15 is 0 Å². The highest BCUT2D eigenvalue weighted by molar-refractivity contribution is 7.14. The van der Waals surface area contributed by atoms with E-state index in [1.807, 2.05) is 52.7 Å². The van der Waals surface area contributed by atoms with Crippen LogP contribution in [0.25, 0.3) is 16.9 Å². The van der Waals surface area contributed by atoms with Gasteiger partial charge in [0.05, 0.1) is 17.7 Å². The van der Waals surface area contributed by atoms with Gasteiger partial charge in [-0.1, -0.05) is 12.1 Å². The highest BCUT2D eigenvalue weighted by Gasteiger charge is 2.10. The average molecular weight is 357 g/mol. The van der Waals surface area contributed by atoms with E-state index in [0.717, 1.165) is 22.6 Å². The molecule has 0 aliphatic rings. The average Bonchev–Trinajstić information content (AvgIpc) is 3.22. The van der Waals surface area contributed by atoms with Gasteiger partial charge in [0.15, 0.2) is 5.13 Å². The van der Waals surface area contributed by atoms with Crippen molar-refractivity contribution in [2.45, 2.75) is 6.92 Å². The second-order valence-electron chi connectivity index (χ2n) is 5.22. The largest absolute Gasteiger partial charge is 0.465 e. The molecule has 0 saturated heterocycles. The van der Waals surface area contributed by atoms with Crippen molar-refractivity contribution in [2.75, 3.05) is 11.9 Å². The summed E-state index contributed by atoms with van der Waals surface area (Å²) in [5.74, 6) is -0.467. The first-order valence-corrected chi connectivity index (χ1v) is 8.23. The van der Waals surface area contributed by atoms with Crippen LogP contribution in [-0.2, 0) is 4.79 Å². The van der Waals surface area contributed by atoms with Crippen LogP contribution in [0.15, 0.2) is 42.2 Å². The molecule has 0 radical (unpaired) electrons. The molecule has 2 heterocycles. The zero-order chi connectivity index (χ0) is 17.8. The van der Waals surface area contributed by atoms with Gasteiger partial charge in [-0.3, -0.25) is 4.79 Å². The van der Waals surface area contributed by atoms with Gasteiger partial charge in [0.2, 0.25) is 5.91 Å². The van der Waals surface area contributed by atoms with Crippen LogP contribution in [0.1, 0.15) is 5.69 Å². The van der Waals surface area contributed by atoms with Crippen LogP contribution >= 0.6 is 11.3 Å². The maximum Gasteiger partial charge on any atom is 0.405 e. The molecule has 0 saturated carbocycles. The molecule has 9 heteroatoms. The number of nitrogens with zero attached hydrogens (tertiary/aromatic N) is 3.